The quantitative estimate of drug-likeness (QED) is 0.641. The summed E-state index contributed by atoms with van der Waals surface area (Å²) in [5.41, 5.74) is 0.368. The third-order valence-corrected chi connectivity index (χ3v) is 8.29. The summed E-state index contributed by atoms with van der Waals surface area (Å²) in [6.45, 7) is 3.70. The number of hydrogen-bond donors (Lipinski definition) is 0. The maximum absolute atomic E-state index is 12.9. The summed E-state index contributed by atoms with van der Waals surface area (Å²) in [7, 11) is -6.59. The maximum Gasteiger partial charge on any atom is 0.253 e. The molecule has 2 heterocycles. The lowest BCUT2D eigenvalue weighted by molar-refractivity contribution is 0.0644. The summed E-state index contributed by atoms with van der Waals surface area (Å²) < 4.78 is 49.9. The zero-order valence-corrected chi connectivity index (χ0v) is 18.4. The van der Waals surface area contributed by atoms with Gasteiger partial charge in [-0.3, -0.25) is 9.69 Å². The van der Waals surface area contributed by atoms with Gasteiger partial charge in [0, 0.05) is 57.6 Å². The van der Waals surface area contributed by atoms with Crippen LogP contribution in [0, 0.1) is 0 Å². The Hall–Kier alpha value is -1.49. The monoisotopic (exact) mass is 443 g/mol. The summed E-state index contributed by atoms with van der Waals surface area (Å²) in [5.74, 6) is -0.0828. The molecule has 0 spiro atoms. The number of carbonyl (C=O) groups excluding carboxylic acids is 1. The first-order valence-electron chi connectivity index (χ1n) is 9.96. The van der Waals surface area contributed by atoms with Crippen molar-refractivity contribution in [2.45, 2.75) is 24.2 Å². The number of piperazine rings is 1. The van der Waals surface area contributed by atoms with E-state index in [-0.39, 0.29) is 16.6 Å². The molecule has 0 bridgehead atoms. The van der Waals surface area contributed by atoms with E-state index in [9.17, 15) is 21.6 Å². The summed E-state index contributed by atoms with van der Waals surface area (Å²) in [5, 5.41) is 0. The van der Waals surface area contributed by atoms with Crippen LogP contribution in [0.3, 0.4) is 0 Å². The fourth-order valence-corrected chi connectivity index (χ4v) is 5.85. The molecule has 1 amide bonds. The number of piperidine rings is 1. The minimum atomic E-state index is -3.58. The minimum Gasteiger partial charge on any atom is -0.336 e. The Bertz CT molecular complexity index is 932. The Labute approximate surface area is 173 Å². The van der Waals surface area contributed by atoms with Crippen LogP contribution in [0.25, 0.3) is 0 Å². The van der Waals surface area contributed by atoms with E-state index in [1.54, 1.807) is 23.1 Å². The van der Waals surface area contributed by atoms with Crippen LogP contribution in [-0.4, -0.2) is 94.7 Å². The van der Waals surface area contributed by atoms with Crippen LogP contribution in [0.15, 0.2) is 29.2 Å². The average Bonchev–Trinajstić information content (AvgIpc) is 2.72. The SMILES string of the molecule is CS(=O)(=O)CCN1CCN(C(=O)c2cccc(S(=O)(=O)N3CCCCC3)c2)CC1. The normalized spacial score (nSPS) is 20.0. The van der Waals surface area contributed by atoms with Crippen LogP contribution in [0.2, 0.25) is 0 Å². The Balaban J connectivity index is 1.64. The maximum atomic E-state index is 12.9. The Morgan fingerprint density at radius 2 is 1.59 bits per heavy atom. The first-order chi connectivity index (χ1) is 13.7. The van der Waals surface area contributed by atoms with Gasteiger partial charge in [-0.1, -0.05) is 12.5 Å². The highest BCUT2D eigenvalue weighted by atomic mass is 32.2. The van der Waals surface area contributed by atoms with Gasteiger partial charge in [0.2, 0.25) is 10.0 Å². The summed E-state index contributed by atoms with van der Waals surface area (Å²) >= 11 is 0. The summed E-state index contributed by atoms with van der Waals surface area (Å²) in [6, 6.07) is 6.28. The van der Waals surface area contributed by atoms with Crippen molar-refractivity contribution in [1.29, 1.82) is 0 Å². The van der Waals surface area contributed by atoms with Gasteiger partial charge in [-0.05, 0) is 31.0 Å². The minimum absolute atomic E-state index is 0.108. The van der Waals surface area contributed by atoms with Crippen LogP contribution < -0.4 is 0 Å². The highest BCUT2D eigenvalue weighted by Crippen LogP contribution is 2.22. The van der Waals surface area contributed by atoms with Crippen molar-refractivity contribution < 1.29 is 21.6 Å². The van der Waals surface area contributed by atoms with Crippen molar-refractivity contribution in [3.05, 3.63) is 29.8 Å². The topological polar surface area (TPSA) is 95.1 Å². The highest BCUT2D eigenvalue weighted by molar-refractivity contribution is 7.90. The van der Waals surface area contributed by atoms with Gasteiger partial charge in [0.25, 0.3) is 5.91 Å². The lowest BCUT2D eigenvalue weighted by Crippen LogP contribution is -2.49. The number of rotatable bonds is 6. The third kappa shape index (κ3) is 5.78. The molecule has 162 valence electrons. The van der Waals surface area contributed by atoms with Crippen LogP contribution >= 0.6 is 0 Å². The van der Waals surface area contributed by atoms with Crippen molar-refractivity contribution in [3.8, 4) is 0 Å². The van der Waals surface area contributed by atoms with E-state index in [1.165, 1.54) is 16.6 Å². The molecule has 0 atom stereocenters. The lowest BCUT2D eigenvalue weighted by atomic mass is 10.2. The first-order valence-corrected chi connectivity index (χ1v) is 13.5. The van der Waals surface area contributed by atoms with Gasteiger partial charge in [0.05, 0.1) is 10.6 Å². The van der Waals surface area contributed by atoms with Gasteiger partial charge < -0.3 is 4.90 Å². The number of sulfone groups is 1. The van der Waals surface area contributed by atoms with Gasteiger partial charge in [-0.15, -0.1) is 0 Å². The van der Waals surface area contributed by atoms with Crippen molar-refractivity contribution in [3.63, 3.8) is 0 Å². The number of nitrogens with zero attached hydrogens (tertiary/aromatic N) is 3. The molecule has 2 fully saturated rings. The third-order valence-electron chi connectivity index (χ3n) is 5.47. The zero-order chi connectivity index (χ0) is 21.1. The van der Waals surface area contributed by atoms with E-state index in [0.29, 0.717) is 51.4 Å². The Morgan fingerprint density at radius 1 is 0.931 bits per heavy atom. The van der Waals surface area contributed by atoms with Crippen LogP contribution in [0.1, 0.15) is 29.6 Å². The second kappa shape index (κ2) is 9.11. The van der Waals surface area contributed by atoms with Crippen molar-refractivity contribution >= 4 is 25.8 Å². The van der Waals surface area contributed by atoms with Crippen molar-refractivity contribution in [2.24, 2.45) is 0 Å². The fraction of sp³-hybridized carbons (Fsp3) is 0.632. The molecular formula is C19H29N3O5S2. The fourth-order valence-electron chi connectivity index (χ4n) is 3.70. The molecule has 1 aromatic carbocycles. The molecule has 0 radical (unpaired) electrons. The van der Waals surface area contributed by atoms with E-state index >= 15 is 0 Å². The van der Waals surface area contributed by atoms with Gasteiger partial charge in [0.1, 0.15) is 9.84 Å². The predicted molar refractivity (Wildman–Crippen MR) is 111 cm³/mol. The first kappa shape index (κ1) is 22.2. The number of amides is 1. The van der Waals surface area contributed by atoms with Gasteiger partial charge >= 0.3 is 0 Å². The number of carbonyl (C=O) groups is 1. The van der Waals surface area contributed by atoms with Gasteiger partial charge in [-0.25, -0.2) is 16.8 Å². The number of hydrogen-bond acceptors (Lipinski definition) is 6. The molecule has 0 N–H and O–H groups in total. The second-order valence-corrected chi connectivity index (χ2v) is 12.0. The molecule has 2 aliphatic rings. The molecule has 0 aliphatic carbocycles. The largest absolute Gasteiger partial charge is 0.336 e. The number of benzene rings is 1. The molecule has 29 heavy (non-hydrogen) atoms. The van der Waals surface area contributed by atoms with Gasteiger partial charge in [0.15, 0.2) is 0 Å². The van der Waals surface area contributed by atoms with E-state index in [0.717, 1.165) is 19.3 Å². The molecule has 0 aromatic heterocycles. The predicted octanol–water partition coefficient (Wildman–Crippen LogP) is 0.664. The molecule has 10 heteroatoms. The number of sulfonamides is 1. The van der Waals surface area contributed by atoms with E-state index < -0.39 is 19.9 Å². The van der Waals surface area contributed by atoms with Crippen LogP contribution in [0.4, 0.5) is 0 Å². The Morgan fingerprint density at radius 3 is 2.21 bits per heavy atom. The van der Waals surface area contributed by atoms with E-state index in [1.807, 2.05) is 4.90 Å². The van der Waals surface area contributed by atoms with Crippen LogP contribution in [0.5, 0.6) is 0 Å². The molecule has 0 unspecified atom stereocenters. The average molecular weight is 444 g/mol. The highest BCUT2D eigenvalue weighted by Gasteiger charge is 2.28. The molecule has 2 saturated heterocycles. The Kier molecular flexibility index (Phi) is 6.98. The smallest absolute Gasteiger partial charge is 0.253 e. The molecule has 3 rings (SSSR count). The molecule has 1 aromatic rings. The van der Waals surface area contributed by atoms with Crippen molar-refractivity contribution in [2.75, 3.05) is 57.8 Å². The zero-order valence-electron chi connectivity index (χ0n) is 16.8. The molecular weight excluding hydrogens is 414 g/mol. The summed E-state index contributed by atoms with van der Waals surface area (Å²) in [4.78, 5) is 16.8. The van der Waals surface area contributed by atoms with E-state index in [2.05, 4.69) is 0 Å². The van der Waals surface area contributed by atoms with Crippen LogP contribution in [-0.2, 0) is 19.9 Å². The second-order valence-electron chi connectivity index (χ2n) is 7.76. The van der Waals surface area contributed by atoms with Gasteiger partial charge in [-0.2, -0.15) is 4.31 Å². The lowest BCUT2D eigenvalue weighted by Gasteiger charge is -2.34. The van der Waals surface area contributed by atoms with E-state index in [4.69, 9.17) is 0 Å². The molecule has 2 aliphatic heterocycles. The van der Waals surface area contributed by atoms with Crippen molar-refractivity contribution in [1.82, 2.24) is 14.1 Å². The standard InChI is InChI=1S/C19H29N3O5S2/c1-28(24,25)15-14-20-10-12-21(13-11-20)19(23)17-6-5-7-18(16-17)29(26,27)22-8-3-2-4-9-22/h5-7,16H,2-4,8-15H2,1H3. The summed E-state index contributed by atoms with van der Waals surface area (Å²) in [6.07, 6.45) is 3.99. The molecule has 0 saturated carbocycles. The molecule has 8 nitrogen and oxygen atoms in total.